The highest BCUT2D eigenvalue weighted by Crippen LogP contribution is 2.18. The summed E-state index contributed by atoms with van der Waals surface area (Å²) >= 11 is 1.85. The Morgan fingerprint density at radius 2 is 2.00 bits per heavy atom. The van der Waals surface area contributed by atoms with Gasteiger partial charge in [-0.05, 0) is 45.4 Å². The van der Waals surface area contributed by atoms with Crippen LogP contribution < -0.4 is 5.32 Å². The van der Waals surface area contributed by atoms with Crippen LogP contribution in [0, 0.1) is 6.92 Å². The number of nitrogens with zero attached hydrogens (tertiary/aromatic N) is 2. The van der Waals surface area contributed by atoms with Gasteiger partial charge >= 0.3 is 0 Å². The van der Waals surface area contributed by atoms with Crippen LogP contribution in [0.15, 0.2) is 24.5 Å². The highest BCUT2D eigenvalue weighted by molar-refractivity contribution is 7.11. The largest absolute Gasteiger partial charge is 0.307 e. The summed E-state index contributed by atoms with van der Waals surface area (Å²) in [6, 6.07) is 4.40. The Morgan fingerprint density at radius 3 is 2.61 bits per heavy atom. The quantitative estimate of drug-likeness (QED) is 0.918. The fraction of sp³-hybridized carbons (Fsp3) is 0.500. The highest BCUT2D eigenvalue weighted by Gasteiger charge is 2.09. The van der Waals surface area contributed by atoms with Crippen molar-refractivity contribution in [2.24, 2.45) is 0 Å². The van der Waals surface area contributed by atoms with Crippen LogP contribution in [0.5, 0.6) is 0 Å². The molecular formula is C14H21N3S. The Labute approximate surface area is 113 Å². The molecule has 3 nitrogen and oxygen atoms in total. The minimum absolute atomic E-state index is 0.170. The van der Waals surface area contributed by atoms with E-state index in [0.717, 1.165) is 13.1 Å². The first-order valence-electron chi connectivity index (χ1n) is 6.24. The SMILES string of the molecule is Cc1cnn(Cc2ccc(CNC(C)(C)C)s2)c1. The lowest BCUT2D eigenvalue weighted by atomic mass is 10.1. The first kappa shape index (κ1) is 13.3. The summed E-state index contributed by atoms with van der Waals surface area (Å²) in [5.41, 5.74) is 1.38. The Morgan fingerprint density at radius 1 is 1.28 bits per heavy atom. The molecule has 0 aliphatic rings. The maximum Gasteiger partial charge on any atom is 0.0752 e. The van der Waals surface area contributed by atoms with Crippen LogP contribution in [-0.2, 0) is 13.1 Å². The molecule has 0 aliphatic carbocycles. The van der Waals surface area contributed by atoms with Gasteiger partial charge in [-0.1, -0.05) is 0 Å². The normalized spacial score (nSPS) is 12.0. The van der Waals surface area contributed by atoms with Gasteiger partial charge in [0.25, 0.3) is 0 Å². The van der Waals surface area contributed by atoms with Crippen molar-refractivity contribution in [1.29, 1.82) is 0 Å². The first-order valence-corrected chi connectivity index (χ1v) is 7.06. The van der Waals surface area contributed by atoms with E-state index in [-0.39, 0.29) is 5.54 Å². The van der Waals surface area contributed by atoms with Gasteiger partial charge in [-0.25, -0.2) is 0 Å². The minimum Gasteiger partial charge on any atom is -0.307 e. The lowest BCUT2D eigenvalue weighted by molar-refractivity contribution is 0.426. The number of thiophene rings is 1. The summed E-state index contributed by atoms with van der Waals surface area (Å²) in [7, 11) is 0. The third-order valence-electron chi connectivity index (χ3n) is 2.59. The Kier molecular flexibility index (Phi) is 3.88. The van der Waals surface area contributed by atoms with Crippen LogP contribution in [0.1, 0.15) is 36.1 Å². The molecule has 98 valence electrons. The van der Waals surface area contributed by atoms with Crippen LogP contribution in [-0.4, -0.2) is 15.3 Å². The molecule has 0 bridgehead atoms. The standard InChI is InChI=1S/C14H21N3S/c1-11-7-16-17(9-11)10-13-6-5-12(18-13)8-15-14(2,3)4/h5-7,9,15H,8,10H2,1-4H3. The monoisotopic (exact) mass is 263 g/mol. The molecule has 0 unspecified atom stereocenters. The molecule has 18 heavy (non-hydrogen) atoms. The van der Waals surface area contributed by atoms with E-state index in [2.05, 4.69) is 56.4 Å². The Hall–Kier alpha value is -1.13. The van der Waals surface area contributed by atoms with Crippen molar-refractivity contribution in [2.75, 3.05) is 0 Å². The van der Waals surface area contributed by atoms with E-state index in [9.17, 15) is 0 Å². The number of nitrogens with one attached hydrogen (secondary N) is 1. The summed E-state index contributed by atoms with van der Waals surface area (Å²) in [5.74, 6) is 0. The van der Waals surface area contributed by atoms with Crippen molar-refractivity contribution in [3.63, 3.8) is 0 Å². The van der Waals surface area contributed by atoms with E-state index < -0.39 is 0 Å². The molecule has 0 aliphatic heterocycles. The summed E-state index contributed by atoms with van der Waals surface area (Å²) in [6.07, 6.45) is 3.97. The smallest absolute Gasteiger partial charge is 0.0752 e. The molecule has 0 spiro atoms. The summed E-state index contributed by atoms with van der Waals surface area (Å²) in [4.78, 5) is 2.73. The third-order valence-corrected chi connectivity index (χ3v) is 3.66. The van der Waals surface area contributed by atoms with Gasteiger partial charge in [0.2, 0.25) is 0 Å². The van der Waals surface area contributed by atoms with Gasteiger partial charge in [0.15, 0.2) is 0 Å². The predicted octanol–water partition coefficient (Wildman–Crippen LogP) is 3.19. The van der Waals surface area contributed by atoms with E-state index in [1.807, 2.05) is 22.2 Å². The molecule has 0 fully saturated rings. The van der Waals surface area contributed by atoms with E-state index in [1.165, 1.54) is 15.3 Å². The molecule has 2 heterocycles. The predicted molar refractivity (Wildman–Crippen MR) is 77.0 cm³/mol. The van der Waals surface area contributed by atoms with E-state index in [4.69, 9.17) is 0 Å². The summed E-state index contributed by atoms with van der Waals surface area (Å²) in [5, 5.41) is 7.82. The lowest BCUT2D eigenvalue weighted by Crippen LogP contribution is -2.34. The minimum atomic E-state index is 0.170. The van der Waals surface area contributed by atoms with Crippen LogP contribution in [0.2, 0.25) is 0 Å². The molecule has 4 heteroatoms. The average molecular weight is 263 g/mol. The topological polar surface area (TPSA) is 29.9 Å². The second kappa shape index (κ2) is 5.24. The van der Waals surface area contributed by atoms with Crippen molar-refractivity contribution in [3.05, 3.63) is 39.8 Å². The molecule has 0 saturated carbocycles. The zero-order valence-electron chi connectivity index (χ0n) is 11.5. The van der Waals surface area contributed by atoms with Gasteiger partial charge in [-0.3, -0.25) is 4.68 Å². The third kappa shape index (κ3) is 3.96. The highest BCUT2D eigenvalue weighted by atomic mass is 32.1. The van der Waals surface area contributed by atoms with Crippen molar-refractivity contribution in [2.45, 2.75) is 46.3 Å². The molecule has 0 radical (unpaired) electrons. The molecule has 2 aromatic rings. The fourth-order valence-corrected chi connectivity index (χ4v) is 2.62. The molecule has 0 aromatic carbocycles. The average Bonchev–Trinajstić information content (AvgIpc) is 2.85. The fourth-order valence-electron chi connectivity index (χ4n) is 1.67. The first-order chi connectivity index (χ1) is 8.42. The molecular weight excluding hydrogens is 242 g/mol. The van der Waals surface area contributed by atoms with Gasteiger partial charge in [-0.15, -0.1) is 11.3 Å². The van der Waals surface area contributed by atoms with Crippen LogP contribution in [0.3, 0.4) is 0 Å². The van der Waals surface area contributed by atoms with E-state index in [0.29, 0.717) is 0 Å². The molecule has 2 rings (SSSR count). The zero-order chi connectivity index (χ0) is 13.2. The van der Waals surface area contributed by atoms with E-state index in [1.54, 1.807) is 0 Å². The number of hydrogen-bond acceptors (Lipinski definition) is 3. The number of aromatic nitrogens is 2. The van der Waals surface area contributed by atoms with Gasteiger partial charge < -0.3 is 5.32 Å². The summed E-state index contributed by atoms with van der Waals surface area (Å²) in [6.45, 7) is 10.4. The van der Waals surface area contributed by atoms with Gasteiger partial charge in [0, 0.05) is 28.0 Å². The number of rotatable bonds is 4. The van der Waals surface area contributed by atoms with Crippen molar-refractivity contribution in [3.8, 4) is 0 Å². The molecule has 0 atom stereocenters. The molecule has 0 saturated heterocycles. The van der Waals surface area contributed by atoms with Crippen molar-refractivity contribution < 1.29 is 0 Å². The maximum atomic E-state index is 4.31. The van der Waals surface area contributed by atoms with Crippen molar-refractivity contribution >= 4 is 11.3 Å². The number of aryl methyl sites for hydroxylation is 1. The molecule has 1 N–H and O–H groups in total. The summed E-state index contributed by atoms with van der Waals surface area (Å²) < 4.78 is 1.99. The van der Waals surface area contributed by atoms with Crippen LogP contribution in [0.4, 0.5) is 0 Å². The maximum absolute atomic E-state index is 4.31. The second-order valence-corrected chi connectivity index (χ2v) is 6.94. The van der Waals surface area contributed by atoms with Crippen LogP contribution in [0.25, 0.3) is 0 Å². The zero-order valence-corrected chi connectivity index (χ0v) is 12.3. The Balaban J connectivity index is 1.94. The number of hydrogen-bond donors (Lipinski definition) is 1. The van der Waals surface area contributed by atoms with Crippen molar-refractivity contribution in [1.82, 2.24) is 15.1 Å². The molecule has 2 aromatic heterocycles. The van der Waals surface area contributed by atoms with Gasteiger partial charge in [0.1, 0.15) is 0 Å². The van der Waals surface area contributed by atoms with Gasteiger partial charge in [0.05, 0.1) is 12.7 Å². The van der Waals surface area contributed by atoms with E-state index >= 15 is 0 Å². The second-order valence-electron chi connectivity index (χ2n) is 5.69. The van der Waals surface area contributed by atoms with Crippen LogP contribution >= 0.6 is 11.3 Å². The lowest BCUT2D eigenvalue weighted by Gasteiger charge is -2.19. The van der Waals surface area contributed by atoms with Gasteiger partial charge in [-0.2, -0.15) is 5.10 Å². The molecule has 0 amide bonds. The Bertz CT molecular complexity index is 505.